The van der Waals surface area contributed by atoms with E-state index < -0.39 is 0 Å². The van der Waals surface area contributed by atoms with Crippen LogP contribution in [0.5, 0.6) is 0 Å². The minimum absolute atomic E-state index is 0. The Kier molecular flexibility index (Phi) is 9.49. The molecule has 6 heteroatoms. The monoisotopic (exact) mass is 347 g/mol. The summed E-state index contributed by atoms with van der Waals surface area (Å²) in [5.41, 5.74) is 7.93. The lowest BCUT2D eigenvalue weighted by Gasteiger charge is -2.26. The van der Waals surface area contributed by atoms with Gasteiger partial charge in [-0.3, -0.25) is 4.79 Å². The molecule has 0 aromatic heterocycles. The summed E-state index contributed by atoms with van der Waals surface area (Å²) in [6, 6.07) is 8.73. The summed E-state index contributed by atoms with van der Waals surface area (Å²) in [7, 11) is 4.08. The predicted octanol–water partition coefficient (Wildman–Crippen LogP) is 3.00. The van der Waals surface area contributed by atoms with Gasteiger partial charge in [0.1, 0.15) is 0 Å². The molecule has 1 atom stereocenters. The maximum atomic E-state index is 12.3. The Hall–Kier alpha value is -0.970. The maximum absolute atomic E-state index is 12.3. The SMILES string of the molecule is CN(C)c1cccc(C2CCCN2C(=O)CCCN)c1.Cl.Cl. The van der Waals surface area contributed by atoms with Crippen LogP contribution in [-0.4, -0.2) is 38.0 Å². The zero-order valence-corrected chi connectivity index (χ0v) is 15.0. The highest BCUT2D eigenvalue weighted by Gasteiger charge is 2.29. The van der Waals surface area contributed by atoms with Crippen molar-refractivity contribution < 1.29 is 4.79 Å². The average molecular weight is 348 g/mol. The number of hydrogen-bond acceptors (Lipinski definition) is 3. The Morgan fingerprint density at radius 3 is 2.73 bits per heavy atom. The largest absolute Gasteiger partial charge is 0.378 e. The molecule has 4 nitrogen and oxygen atoms in total. The topological polar surface area (TPSA) is 49.6 Å². The fraction of sp³-hybridized carbons (Fsp3) is 0.562. The van der Waals surface area contributed by atoms with E-state index in [4.69, 9.17) is 5.73 Å². The van der Waals surface area contributed by atoms with Crippen molar-refractivity contribution in [2.24, 2.45) is 5.73 Å². The Bertz CT molecular complexity index is 468. The van der Waals surface area contributed by atoms with Crippen LogP contribution in [0.3, 0.4) is 0 Å². The number of anilines is 1. The predicted molar refractivity (Wildman–Crippen MR) is 97.2 cm³/mol. The molecule has 0 aliphatic carbocycles. The van der Waals surface area contributed by atoms with Crippen molar-refractivity contribution in [1.29, 1.82) is 0 Å². The van der Waals surface area contributed by atoms with E-state index in [0.29, 0.717) is 13.0 Å². The third kappa shape index (κ3) is 5.04. The maximum Gasteiger partial charge on any atom is 0.223 e. The molecule has 22 heavy (non-hydrogen) atoms. The Labute approximate surface area is 145 Å². The molecule has 1 aliphatic heterocycles. The number of carbonyl (C=O) groups excluding carboxylic acids is 1. The summed E-state index contributed by atoms with van der Waals surface area (Å²) < 4.78 is 0. The number of amides is 1. The Balaban J connectivity index is 0.00000220. The minimum Gasteiger partial charge on any atom is -0.378 e. The van der Waals surface area contributed by atoms with Crippen molar-refractivity contribution in [3.05, 3.63) is 29.8 Å². The van der Waals surface area contributed by atoms with E-state index in [-0.39, 0.29) is 36.8 Å². The molecule has 126 valence electrons. The fourth-order valence-electron chi connectivity index (χ4n) is 2.82. The van der Waals surface area contributed by atoms with Gasteiger partial charge < -0.3 is 15.5 Å². The average Bonchev–Trinajstić information content (AvgIpc) is 2.94. The smallest absolute Gasteiger partial charge is 0.223 e. The molecule has 0 spiro atoms. The standard InChI is InChI=1S/C16H25N3O.2ClH/c1-18(2)14-7-3-6-13(12-14)15-8-5-11-19(15)16(20)9-4-10-17;;/h3,6-7,12,15H,4-5,8-11,17H2,1-2H3;2*1H. The number of hydrogen-bond donors (Lipinski definition) is 1. The lowest BCUT2D eigenvalue weighted by molar-refractivity contribution is -0.132. The molecule has 1 unspecified atom stereocenters. The van der Waals surface area contributed by atoms with Gasteiger partial charge in [0, 0.05) is 32.7 Å². The van der Waals surface area contributed by atoms with Gasteiger partial charge in [0.15, 0.2) is 0 Å². The second kappa shape index (κ2) is 9.93. The normalized spacial score (nSPS) is 16.7. The van der Waals surface area contributed by atoms with Crippen LogP contribution in [0, 0.1) is 0 Å². The molecule has 1 amide bonds. The second-order valence-corrected chi connectivity index (χ2v) is 5.63. The molecule has 1 aliphatic rings. The molecule has 1 saturated heterocycles. The first kappa shape index (κ1) is 21.0. The van der Waals surface area contributed by atoms with Crippen LogP contribution in [0.25, 0.3) is 0 Å². The number of carbonyl (C=O) groups is 1. The number of nitrogens with zero attached hydrogens (tertiary/aromatic N) is 2. The van der Waals surface area contributed by atoms with Crippen molar-refractivity contribution in [1.82, 2.24) is 4.90 Å². The number of nitrogens with two attached hydrogens (primary N) is 1. The van der Waals surface area contributed by atoms with Crippen LogP contribution in [0.4, 0.5) is 5.69 Å². The molecule has 0 radical (unpaired) electrons. The van der Waals surface area contributed by atoms with Crippen LogP contribution in [0.1, 0.15) is 37.3 Å². The molecule has 0 bridgehead atoms. The number of halogens is 2. The van der Waals surface area contributed by atoms with Gasteiger partial charge in [-0.2, -0.15) is 0 Å². The van der Waals surface area contributed by atoms with Gasteiger partial charge in [0.2, 0.25) is 5.91 Å². The molecule has 0 saturated carbocycles. The van der Waals surface area contributed by atoms with Gasteiger partial charge in [-0.1, -0.05) is 12.1 Å². The third-order valence-electron chi connectivity index (χ3n) is 3.94. The first-order valence-electron chi connectivity index (χ1n) is 7.40. The van der Waals surface area contributed by atoms with Crippen LogP contribution in [-0.2, 0) is 4.79 Å². The zero-order chi connectivity index (χ0) is 14.5. The fourth-order valence-corrected chi connectivity index (χ4v) is 2.82. The summed E-state index contributed by atoms with van der Waals surface area (Å²) >= 11 is 0. The number of likely N-dealkylation sites (tertiary alicyclic amines) is 1. The van der Waals surface area contributed by atoms with E-state index in [9.17, 15) is 4.79 Å². The molecule has 2 N–H and O–H groups in total. The lowest BCUT2D eigenvalue weighted by Crippen LogP contribution is -2.30. The summed E-state index contributed by atoms with van der Waals surface area (Å²) in [6.45, 7) is 1.46. The van der Waals surface area contributed by atoms with E-state index >= 15 is 0 Å². The molecule has 1 heterocycles. The zero-order valence-electron chi connectivity index (χ0n) is 13.3. The number of benzene rings is 1. The van der Waals surface area contributed by atoms with Crippen LogP contribution in [0.15, 0.2) is 24.3 Å². The van der Waals surface area contributed by atoms with E-state index in [1.807, 2.05) is 19.0 Å². The van der Waals surface area contributed by atoms with Crippen molar-refractivity contribution >= 4 is 36.4 Å². The molecule has 1 aromatic rings. The van der Waals surface area contributed by atoms with E-state index in [2.05, 4.69) is 29.2 Å². The van der Waals surface area contributed by atoms with E-state index in [1.54, 1.807) is 0 Å². The molecule has 1 aromatic carbocycles. The van der Waals surface area contributed by atoms with Crippen molar-refractivity contribution in [2.75, 3.05) is 32.1 Å². The van der Waals surface area contributed by atoms with Gasteiger partial charge in [-0.05, 0) is 43.5 Å². The number of rotatable bonds is 5. The first-order chi connectivity index (χ1) is 9.63. The highest BCUT2D eigenvalue weighted by Crippen LogP contribution is 2.33. The van der Waals surface area contributed by atoms with Crippen molar-refractivity contribution in [3.63, 3.8) is 0 Å². The van der Waals surface area contributed by atoms with Crippen molar-refractivity contribution in [3.8, 4) is 0 Å². The first-order valence-corrected chi connectivity index (χ1v) is 7.40. The Morgan fingerprint density at radius 2 is 2.09 bits per heavy atom. The van der Waals surface area contributed by atoms with Gasteiger partial charge in [-0.15, -0.1) is 24.8 Å². The van der Waals surface area contributed by atoms with Crippen LogP contribution < -0.4 is 10.6 Å². The van der Waals surface area contributed by atoms with Crippen LogP contribution in [0.2, 0.25) is 0 Å². The quantitative estimate of drug-likeness (QED) is 0.890. The van der Waals surface area contributed by atoms with E-state index in [1.165, 1.54) is 11.3 Å². The summed E-state index contributed by atoms with van der Waals surface area (Å²) in [6.07, 6.45) is 3.50. The minimum atomic E-state index is 0. The second-order valence-electron chi connectivity index (χ2n) is 5.63. The van der Waals surface area contributed by atoms with Gasteiger partial charge in [0.25, 0.3) is 0 Å². The van der Waals surface area contributed by atoms with Gasteiger partial charge in [-0.25, -0.2) is 0 Å². The summed E-state index contributed by atoms with van der Waals surface area (Å²) in [5, 5.41) is 0. The van der Waals surface area contributed by atoms with Gasteiger partial charge in [0.05, 0.1) is 6.04 Å². The Morgan fingerprint density at radius 1 is 1.36 bits per heavy atom. The van der Waals surface area contributed by atoms with Crippen LogP contribution >= 0.6 is 24.8 Å². The van der Waals surface area contributed by atoms with Crippen molar-refractivity contribution in [2.45, 2.75) is 31.7 Å². The lowest BCUT2D eigenvalue weighted by atomic mass is 10.0. The summed E-state index contributed by atoms with van der Waals surface area (Å²) in [5.74, 6) is 0.244. The molecule has 2 rings (SSSR count). The molecular formula is C16H27Cl2N3O. The highest BCUT2D eigenvalue weighted by atomic mass is 35.5. The molecule has 1 fully saturated rings. The van der Waals surface area contributed by atoms with Gasteiger partial charge >= 0.3 is 0 Å². The third-order valence-corrected chi connectivity index (χ3v) is 3.94. The molecular weight excluding hydrogens is 321 g/mol. The summed E-state index contributed by atoms with van der Waals surface area (Å²) in [4.78, 5) is 16.4. The van der Waals surface area contributed by atoms with E-state index in [0.717, 1.165) is 25.8 Å². The highest BCUT2D eigenvalue weighted by molar-refractivity contribution is 5.85.